The Morgan fingerprint density at radius 1 is 1.20 bits per heavy atom. The molecule has 0 aliphatic heterocycles. The number of hydrogen-bond donors (Lipinski definition) is 0. The lowest BCUT2D eigenvalue weighted by Gasteiger charge is -2.24. The van der Waals surface area contributed by atoms with E-state index in [0.29, 0.717) is 10.0 Å². The van der Waals surface area contributed by atoms with Gasteiger partial charge in [0.1, 0.15) is 0 Å². The molecule has 0 bridgehead atoms. The Morgan fingerprint density at radius 2 is 1.60 bits per heavy atom. The summed E-state index contributed by atoms with van der Waals surface area (Å²) in [4.78, 5) is 0. The summed E-state index contributed by atoms with van der Waals surface area (Å²) in [6, 6.07) is 0. The molecule has 3 heteroatoms. The summed E-state index contributed by atoms with van der Waals surface area (Å²) >= 11 is 2.37. The fourth-order valence-electron chi connectivity index (χ4n) is 0.474. The molecule has 0 radical (unpaired) electrons. The van der Waals surface area contributed by atoms with Gasteiger partial charge in [0.05, 0.1) is 4.11 Å². The van der Waals surface area contributed by atoms with E-state index in [9.17, 15) is 0 Å². The van der Waals surface area contributed by atoms with Crippen LogP contribution >= 0.6 is 22.6 Å². The Morgan fingerprint density at radius 3 is 1.70 bits per heavy atom. The zero-order valence-electron chi connectivity index (χ0n) is 7.44. The van der Waals surface area contributed by atoms with Crippen molar-refractivity contribution in [3.05, 3.63) is 0 Å². The largest absolute Gasteiger partial charge is 0.406 e. The summed E-state index contributed by atoms with van der Waals surface area (Å²) in [6.07, 6.45) is 0. The molecule has 0 spiro atoms. The molecule has 0 saturated carbocycles. The van der Waals surface area contributed by atoms with Crippen molar-refractivity contribution in [1.29, 1.82) is 0 Å². The van der Waals surface area contributed by atoms with Gasteiger partial charge in [-0.05, 0) is 25.6 Å². The molecule has 1 nitrogen and oxygen atoms in total. The molecule has 0 aromatic carbocycles. The van der Waals surface area contributed by atoms with Crippen molar-refractivity contribution in [1.82, 2.24) is 0 Å². The van der Waals surface area contributed by atoms with E-state index >= 15 is 0 Å². The van der Waals surface area contributed by atoms with Gasteiger partial charge in [0.15, 0.2) is 8.32 Å². The zero-order chi connectivity index (χ0) is 8.36. The van der Waals surface area contributed by atoms with E-state index in [1.165, 1.54) is 0 Å². The maximum Gasteiger partial charge on any atom is 0.185 e. The molecule has 0 aromatic rings. The predicted molar refractivity (Wildman–Crippen MR) is 57.1 cm³/mol. The van der Waals surface area contributed by atoms with Crippen molar-refractivity contribution < 1.29 is 4.43 Å². The first-order valence-corrected chi connectivity index (χ1v) is 8.30. The van der Waals surface area contributed by atoms with E-state index in [1.807, 2.05) is 0 Å². The molecule has 0 rings (SSSR count). The molecule has 0 fully saturated rings. The van der Waals surface area contributed by atoms with Gasteiger partial charge in [-0.15, -0.1) is 0 Å². The number of hydrogen-bond acceptors (Lipinski definition) is 1. The maximum atomic E-state index is 5.82. The van der Waals surface area contributed by atoms with E-state index in [1.54, 1.807) is 0 Å². The highest BCUT2D eigenvalue weighted by Crippen LogP contribution is 2.19. The SMILES string of the molecule is CC(C)C(I)O[Si](C)(C)C. The summed E-state index contributed by atoms with van der Waals surface area (Å²) in [7, 11) is -1.29. The third-order valence-corrected chi connectivity index (χ3v) is 4.12. The number of halogens is 1. The Labute approximate surface area is 78.8 Å². The lowest BCUT2D eigenvalue weighted by atomic mass is 10.2. The summed E-state index contributed by atoms with van der Waals surface area (Å²) in [5.74, 6) is 0.632. The molecule has 0 heterocycles. The van der Waals surface area contributed by atoms with Gasteiger partial charge >= 0.3 is 0 Å². The summed E-state index contributed by atoms with van der Waals surface area (Å²) in [6.45, 7) is 11.1. The van der Waals surface area contributed by atoms with Gasteiger partial charge in [0, 0.05) is 0 Å². The van der Waals surface area contributed by atoms with Crippen LogP contribution in [0.2, 0.25) is 19.6 Å². The van der Waals surface area contributed by atoms with Crippen molar-refractivity contribution in [2.45, 2.75) is 37.6 Å². The van der Waals surface area contributed by atoms with Crippen molar-refractivity contribution in [3.63, 3.8) is 0 Å². The molecule has 0 aliphatic carbocycles. The monoisotopic (exact) mass is 272 g/mol. The van der Waals surface area contributed by atoms with Crippen LogP contribution in [0, 0.1) is 5.92 Å². The highest BCUT2D eigenvalue weighted by Gasteiger charge is 2.20. The van der Waals surface area contributed by atoms with Gasteiger partial charge in [-0.2, -0.15) is 0 Å². The second-order valence-electron chi connectivity index (χ2n) is 3.83. The van der Waals surface area contributed by atoms with Crippen LogP contribution in [0.4, 0.5) is 0 Å². The maximum absolute atomic E-state index is 5.82. The van der Waals surface area contributed by atoms with Crippen LogP contribution in [-0.2, 0) is 4.43 Å². The molecule has 0 N–H and O–H groups in total. The smallest absolute Gasteiger partial charge is 0.185 e. The van der Waals surface area contributed by atoms with E-state index in [-0.39, 0.29) is 0 Å². The highest BCUT2D eigenvalue weighted by atomic mass is 127. The second-order valence-corrected chi connectivity index (χ2v) is 9.51. The highest BCUT2D eigenvalue weighted by molar-refractivity contribution is 14.1. The fourth-order valence-corrected chi connectivity index (χ4v) is 3.71. The Bertz CT molecular complexity index is 98.3. The number of rotatable bonds is 3. The van der Waals surface area contributed by atoms with Gasteiger partial charge < -0.3 is 4.43 Å². The van der Waals surface area contributed by atoms with Crippen LogP contribution < -0.4 is 0 Å². The molecule has 0 amide bonds. The molecule has 62 valence electrons. The summed E-state index contributed by atoms with van der Waals surface area (Å²) < 4.78 is 6.22. The topological polar surface area (TPSA) is 9.23 Å². The lowest BCUT2D eigenvalue weighted by Crippen LogP contribution is -2.31. The van der Waals surface area contributed by atoms with Gasteiger partial charge in [0.2, 0.25) is 0 Å². The minimum Gasteiger partial charge on any atom is -0.406 e. The number of alkyl halides is 1. The average Bonchev–Trinajstić information content (AvgIpc) is 1.60. The summed E-state index contributed by atoms with van der Waals surface area (Å²) in [5, 5.41) is 0. The van der Waals surface area contributed by atoms with Crippen molar-refractivity contribution in [2.24, 2.45) is 5.92 Å². The second kappa shape index (κ2) is 4.06. The summed E-state index contributed by atoms with van der Waals surface area (Å²) in [5.41, 5.74) is 0. The van der Waals surface area contributed by atoms with Crippen molar-refractivity contribution >= 4 is 30.9 Å². The quantitative estimate of drug-likeness (QED) is 0.435. The molecule has 1 atom stereocenters. The Balaban J connectivity index is 3.68. The third-order valence-electron chi connectivity index (χ3n) is 0.990. The van der Waals surface area contributed by atoms with Crippen molar-refractivity contribution in [2.75, 3.05) is 0 Å². The first-order chi connectivity index (χ1) is 4.33. The van der Waals surface area contributed by atoms with Crippen LogP contribution in [0.25, 0.3) is 0 Å². The standard InChI is InChI=1S/C7H17IOSi/c1-6(2)7(8)9-10(3,4)5/h6-7H,1-5H3. The lowest BCUT2D eigenvalue weighted by molar-refractivity contribution is 0.245. The molecule has 0 aromatic heterocycles. The van der Waals surface area contributed by atoms with Crippen LogP contribution in [0.5, 0.6) is 0 Å². The molecule has 10 heavy (non-hydrogen) atoms. The average molecular weight is 272 g/mol. The van der Waals surface area contributed by atoms with Gasteiger partial charge in [-0.1, -0.05) is 36.4 Å². The van der Waals surface area contributed by atoms with Gasteiger partial charge in [-0.25, -0.2) is 0 Å². The minimum absolute atomic E-state index is 0.393. The zero-order valence-corrected chi connectivity index (χ0v) is 10.6. The fraction of sp³-hybridized carbons (Fsp3) is 1.00. The minimum atomic E-state index is -1.29. The van der Waals surface area contributed by atoms with Crippen LogP contribution in [0.15, 0.2) is 0 Å². The van der Waals surface area contributed by atoms with Crippen LogP contribution in [-0.4, -0.2) is 12.4 Å². The van der Waals surface area contributed by atoms with E-state index in [0.717, 1.165) is 0 Å². The van der Waals surface area contributed by atoms with Crippen LogP contribution in [0.3, 0.4) is 0 Å². The Kier molecular flexibility index (Phi) is 4.43. The van der Waals surface area contributed by atoms with E-state index in [2.05, 4.69) is 56.1 Å². The van der Waals surface area contributed by atoms with E-state index < -0.39 is 8.32 Å². The molecular formula is C7H17IOSi. The molecule has 0 aliphatic rings. The van der Waals surface area contributed by atoms with Gasteiger partial charge in [0.25, 0.3) is 0 Å². The van der Waals surface area contributed by atoms with Crippen molar-refractivity contribution in [3.8, 4) is 0 Å². The molecule has 1 unspecified atom stereocenters. The van der Waals surface area contributed by atoms with E-state index in [4.69, 9.17) is 4.43 Å². The first-order valence-electron chi connectivity index (χ1n) is 3.65. The predicted octanol–water partition coefficient (Wildman–Crippen LogP) is 3.26. The Hall–Kier alpha value is 0.907. The normalized spacial score (nSPS) is 15.9. The molecular weight excluding hydrogens is 255 g/mol. The van der Waals surface area contributed by atoms with Crippen LogP contribution in [0.1, 0.15) is 13.8 Å². The third kappa shape index (κ3) is 5.67. The first kappa shape index (κ1) is 10.9. The van der Waals surface area contributed by atoms with Gasteiger partial charge in [-0.3, -0.25) is 0 Å². The molecule has 0 saturated heterocycles.